The van der Waals surface area contributed by atoms with Crippen LogP contribution in [0.4, 0.5) is 11.5 Å². The predicted molar refractivity (Wildman–Crippen MR) is 135 cm³/mol. The Kier molecular flexibility index (Phi) is 8.48. The Hall–Kier alpha value is -3.43. The molecule has 10 heteroatoms. The summed E-state index contributed by atoms with van der Waals surface area (Å²) < 4.78 is 11.1. The summed E-state index contributed by atoms with van der Waals surface area (Å²) in [6, 6.07) is 12.2. The standard InChI is InChI=1S/C25H29N5O4.ClH/c1-25(2,3)21-13-22(30-34-21)29-23(31)12-16-4-6-17(7-5-16)28-24(32)20-9-8-18(15-27-20)33-19-10-11-26-14-19;/h4-9,13,15,19,26H,10-12,14H2,1-3H3,(H,28,32)(H,29,30,31);1H/t19-;/m0./s1. The molecule has 1 fully saturated rings. The van der Waals surface area contributed by atoms with E-state index in [1.807, 2.05) is 20.8 Å². The number of nitrogens with one attached hydrogen (secondary N) is 3. The first-order valence-electron chi connectivity index (χ1n) is 11.3. The highest BCUT2D eigenvalue weighted by Crippen LogP contribution is 2.24. The first-order chi connectivity index (χ1) is 16.3. The van der Waals surface area contributed by atoms with Gasteiger partial charge in [0.2, 0.25) is 5.91 Å². The van der Waals surface area contributed by atoms with Gasteiger partial charge in [-0.05, 0) is 42.8 Å². The normalized spacial score (nSPS) is 15.2. The predicted octanol–water partition coefficient (Wildman–Crippen LogP) is 3.96. The van der Waals surface area contributed by atoms with E-state index in [0.29, 0.717) is 28.7 Å². The molecular formula is C25H30ClN5O4. The highest BCUT2D eigenvalue weighted by Gasteiger charge is 2.20. The van der Waals surface area contributed by atoms with Crippen LogP contribution in [0.2, 0.25) is 0 Å². The molecule has 1 atom stereocenters. The second-order valence-corrected chi connectivity index (χ2v) is 9.31. The lowest BCUT2D eigenvalue weighted by Crippen LogP contribution is -2.20. The Bertz CT molecular complexity index is 1130. The number of benzene rings is 1. The van der Waals surface area contributed by atoms with Crippen molar-refractivity contribution in [2.45, 2.75) is 45.1 Å². The number of hydrogen-bond acceptors (Lipinski definition) is 7. The molecule has 2 aromatic heterocycles. The Balaban J connectivity index is 0.00000342. The van der Waals surface area contributed by atoms with E-state index >= 15 is 0 Å². The van der Waals surface area contributed by atoms with Gasteiger partial charge < -0.3 is 25.2 Å². The largest absolute Gasteiger partial charge is 0.487 e. The summed E-state index contributed by atoms with van der Waals surface area (Å²) in [6.07, 6.45) is 2.83. The summed E-state index contributed by atoms with van der Waals surface area (Å²) in [4.78, 5) is 29.1. The van der Waals surface area contributed by atoms with Crippen molar-refractivity contribution in [3.63, 3.8) is 0 Å². The highest BCUT2D eigenvalue weighted by molar-refractivity contribution is 6.02. The van der Waals surface area contributed by atoms with Gasteiger partial charge in [0.05, 0.1) is 12.6 Å². The number of aromatic nitrogens is 2. The van der Waals surface area contributed by atoms with Crippen LogP contribution in [0.25, 0.3) is 0 Å². The molecule has 0 saturated carbocycles. The zero-order chi connectivity index (χ0) is 24.1. The third kappa shape index (κ3) is 7.27. The van der Waals surface area contributed by atoms with Crippen molar-refractivity contribution < 1.29 is 18.8 Å². The lowest BCUT2D eigenvalue weighted by atomic mass is 9.93. The average Bonchev–Trinajstić information content (AvgIpc) is 3.48. The summed E-state index contributed by atoms with van der Waals surface area (Å²) in [5, 5.41) is 12.7. The summed E-state index contributed by atoms with van der Waals surface area (Å²) in [6.45, 7) is 7.79. The molecule has 4 rings (SSSR count). The Labute approximate surface area is 210 Å². The number of carbonyl (C=O) groups is 2. The van der Waals surface area contributed by atoms with Crippen LogP contribution in [0, 0.1) is 0 Å². The molecule has 1 aromatic carbocycles. The van der Waals surface area contributed by atoms with Crippen LogP contribution in [0.15, 0.2) is 53.2 Å². The molecule has 9 nitrogen and oxygen atoms in total. The second-order valence-electron chi connectivity index (χ2n) is 9.31. The van der Waals surface area contributed by atoms with E-state index in [1.54, 1.807) is 48.7 Å². The zero-order valence-electron chi connectivity index (χ0n) is 20.0. The Morgan fingerprint density at radius 1 is 1.14 bits per heavy atom. The van der Waals surface area contributed by atoms with E-state index < -0.39 is 0 Å². The van der Waals surface area contributed by atoms with E-state index in [4.69, 9.17) is 9.26 Å². The lowest BCUT2D eigenvalue weighted by molar-refractivity contribution is -0.115. The van der Waals surface area contributed by atoms with Crippen molar-refractivity contribution in [3.05, 3.63) is 65.7 Å². The minimum Gasteiger partial charge on any atom is -0.487 e. The minimum atomic E-state index is -0.319. The third-order valence-electron chi connectivity index (χ3n) is 5.38. The van der Waals surface area contributed by atoms with Crippen molar-refractivity contribution in [1.82, 2.24) is 15.5 Å². The molecule has 1 aliphatic rings. The topological polar surface area (TPSA) is 118 Å². The van der Waals surface area contributed by atoms with Crippen molar-refractivity contribution in [3.8, 4) is 5.75 Å². The molecule has 0 aliphatic carbocycles. The quantitative estimate of drug-likeness (QED) is 0.450. The maximum atomic E-state index is 12.5. The van der Waals surface area contributed by atoms with Crippen LogP contribution in [0.1, 0.15) is 49.0 Å². The van der Waals surface area contributed by atoms with Gasteiger partial charge in [-0.25, -0.2) is 4.98 Å². The average molecular weight is 500 g/mol. The van der Waals surface area contributed by atoms with Gasteiger partial charge in [-0.2, -0.15) is 0 Å². The summed E-state index contributed by atoms with van der Waals surface area (Å²) in [7, 11) is 0. The van der Waals surface area contributed by atoms with Gasteiger partial charge in [-0.15, -0.1) is 12.4 Å². The fourth-order valence-electron chi connectivity index (χ4n) is 3.47. The Morgan fingerprint density at radius 3 is 2.51 bits per heavy atom. The van der Waals surface area contributed by atoms with Crippen molar-refractivity contribution in [1.29, 1.82) is 0 Å². The SMILES string of the molecule is CC(C)(C)c1cc(NC(=O)Cc2ccc(NC(=O)c3ccc(O[C@H]4CCNC4)cn3)cc2)no1.Cl. The molecule has 3 aromatic rings. The van der Waals surface area contributed by atoms with E-state index in [2.05, 4.69) is 26.1 Å². The van der Waals surface area contributed by atoms with E-state index in [0.717, 1.165) is 25.1 Å². The molecule has 1 aliphatic heterocycles. The molecule has 35 heavy (non-hydrogen) atoms. The second kappa shape index (κ2) is 11.3. The molecule has 2 amide bonds. The molecular weight excluding hydrogens is 470 g/mol. The van der Waals surface area contributed by atoms with Gasteiger partial charge in [0.15, 0.2) is 5.82 Å². The number of hydrogen-bond donors (Lipinski definition) is 3. The Morgan fingerprint density at radius 2 is 1.91 bits per heavy atom. The van der Waals surface area contributed by atoms with Crippen LogP contribution < -0.4 is 20.7 Å². The molecule has 1 saturated heterocycles. The van der Waals surface area contributed by atoms with Crippen LogP contribution in [-0.4, -0.2) is 41.1 Å². The number of amides is 2. The van der Waals surface area contributed by atoms with Crippen LogP contribution in [0.5, 0.6) is 5.75 Å². The maximum Gasteiger partial charge on any atom is 0.274 e. The molecule has 186 valence electrons. The van der Waals surface area contributed by atoms with Crippen molar-refractivity contribution in [2.24, 2.45) is 0 Å². The van der Waals surface area contributed by atoms with Gasteiger partial charge in [-0.1, -0.05) is 38.1 Å². The molecule has 3 N–H and O–H groups in total. The van der Waals surface area contributed by atoms with E-state index in [9.17, 15) is 9.59 Å². The highest BCUT2D eigenvalue weighted by atomic mass is 35.5. The molecule has 3 heterocycles. The number of ether oxygens (including phenoxy) is 1. The smallest absolute Gasteiger partial charge is 0.274 e. The number of nitrogens with zero attached hydrogens (tertiary/aromatic N) is 2. The van der Waals surface area contributed by atoms with E-state index in [-0.39, 0.29) is 42.2 Å². The number of carbonyl (C=O) groups excluding carboxylic acids is 2. The summed E-state index contributed by atoms with van der Waals surface area (Å²) >= 11 is 0. The van der Waals surface area contributed by atoms with Gasteiger partial charge in [0.25, 0.3) is 5.91 Å². The number of pyridine rings is 1. The van der Waals surface area contributed by atoms with Crippen LogP contribution in [0.3, 0.4) is 0 Å². The third-order valence-corrected chi connectivity index (χ3v) is 5.38. The van der Waals surface area contributed by atoms with Gasteiger partial charge in [0, 0.05) is 23.7 Å². The number of rotatable bonds is 7. The van der Waals surface area contributed by atoms with Crippen LogP contribution in [-0.2, 0) is 16.6 Å². The molecule has 0 unspecified atom stereocenters. The monoisotopic (exact) mass is 499 g/mol. The number of anilines is 2. The summed E-state index contributed by atoms with van der Waals surface area (Å²) in [5.74, 6) is 1.21. The zero-order valence-corrected chi connectivity index (χ0v) is 20.8. The fourth-order valence-corrected chi connectivity index (χ4v) is 3.47. The minimum absolute atomic E-state index is 0. The first kappa shape index (κ1) is 26.2. The van der Waals surface area contributed by atoms with Gasteiger partial charge >= 0.3 is 0 Å². The van der Waals surface area contributed by atoms with Crippen molar-refractivity contribution in [2.75, 3.05) is 23.7 Å². The fraction of sp³-hybridized carbons (Fsp3) is 0.360. The van der Waals surface area contributed by atoms with Gasteiger partial charge in [-0.3, -0.25) is 9.59 Å². The molecule has 0 radical (unpaired) electrons. The maximum absolute atomic E-state index is 12.5. The van der Waals surface area contributed by atoms with Crippen molar-refractivity contribution >= 4 is 35.7 Å². The van der Waals surface area contributed by atoms with E-state index in [1.165, 1.54) is 0 Å². The number of halogens is 1. The molecule has 0 bridgehead atoms. The summed E-state index contributed by atoms with van der Waals surface area (Å²) in [5.41, 5.74) is 1.52. The van der Waals surface area contributed by atoms with Gasteiger partial charge in [0.1, 0.15) is 23.3 Å². The van der Waals surface area contributed by atoms with Crippen LogP contribution >= 0.6 is 12.4 Å². The molecule has 0 spiro atoms. The lowest BCUT2D eigenvalue weighted by Gasteiger charge is -2.12. The first-order valence-corrected chi connectivity index (χ1v) is 11.3.